The summed E-state index contributed by atoms with van der Waals surface area (Å²) < 4.78 is 5.33. The highest BCUT2D eigenvalue weighted by Crippen LogP contribution is 2.14. The zero-order valence-corrected chi connectivity index (χ0v) is 10.5. The van der Waals surface area contributed by atoms with Crippen LogP contribution in [0, 0.1) is 5.92 Å². The summed E-state index contributed by atoms with van der Waals surface area (Å²) in [5.74, 6) is -2.50. The third-order valence-corrected chi connectivity index (χ3v) is 3.17. The number of Topliss-reactive ketones (excluding diaryl/α,β-unsaturated/α-hetero) is 1. The van der Waals surface area contributed by atoms with Gasteiger partial charge in [-0.1, -0.05) is 30.3 Å². The van der Waals surface area contributed by atoms with Crippen LogP contribution in [-0.2, 0) is 20.7 Å². The number of carboxylic acids is 1. The first-order valence-corrected chi connectivity index (χ1v) is 6.31. The first-order chi connectivity index (χ1) is 9.18. The third kappa shape index (κ3) is 3.62. The van der Waals surface area contributed by atoms with Crippen LogP contribution in [0.5, 0.6) is 0 Å². The van der Waals surface area contributed by atoms with Crippen LogP contribution in [0.25, 0.3) is 0 Å². The van der Waals surface area contributed by atoms with Crippen molar-refractivity contribution < 1.29 is 19.4 Å². The Morgan fingerprint density at radius 1 is 1.37 bits per heavy atom. The number of hydrogen-bond acceptors (Lipinski definition) is 4. The monoisotopic (exact) mass is 263 g/mol. The molecule has 0 radical (unpaired) electrons. The first kappa shape index (κ1) is 13.7. The molecule has 2 rings (SSSR count). The van der Waals surface area contributed by atoms with E-state index in [-0.39, 0.29) is 12.2 Å². The Morgan fingerprint density at radius 3 is 2.68 bits per heavy atom. The van der Waals surface area contributed by atoms with E-state index in [4.69, 9.17) is 4.74 Å². The molecule has 0 spiro atoms. The lowest BCUT2D eigenvalue weighted by Crippen LogP contribution is -2.47. The van der Waals surface area contributed by atoms with Gasteiger partial charge in [-0.05, 0) is 12.0 Å². The minimum absolute atomic E-state index is 0.203. The average molecular weight is 263 g/mol. The van der Waals surface area contributed by atoms with Crippen molar-refractivity contribution in [1.29, 1.82) is 0 Å². The van der Waals surface area contributed by atoms with Gasteiger partial charge in [0.15, 0.2) is 5.78 Å². The number of rotatable bonds is 5. The maximum absolute atomic E-state index is 12.2. The van der Waals surface area contributed by atoms with E-state index in [1.165, 1.54) is 0 Å². The van der Waals surface area contributed by atoms with E-state index < -0.39 is 18.0 Å². The Labute approximate surface area is 111 Å². The molecule has 1 aliphatic heterocycles. The maximum atomic E-state index is 12.2. The largest absolute Gasteiger partial charge is 0.481 e. The summed E-state index contributed by atoms with van der Waals surface area (Å²) in [6.07, 6.45) is -0.451. The number of morpholine rings is 1. The summed E-state index contributed by atoms with van der Waals surface area (Å²) in [5.41, 5.74) is 0.840. The van der Waals surface area contributed by atoms with Crippen molar-refractivity contribution in [2.24, 2.45) is 5.92 Å². The van der Waals surface area contributed by atoms with Crippen molar-refractivity contribution in [1.82, 2.24) is 5.32 Å². The lowest BCUT2D eigenvalue weighted by molar-refractivity contribution is -0.151. The molecule has 0 bridgehead atoms. The molecular weight excluding hydrogens is 246 g/mol. The van der Waals surface area contributed by atoms with Gasteiger partial charge in [-0.2, -0.15) is 0 Å². The summed E-state index contributed by atoms with van der Waals surface area (Å²) in [6, 6.07) is 9.16. The van der Waals surface area contributed by atoms with E-state index in [9.17, 15) is 14.7 Å². The average Bonchev–Trinajstić information content (AvgIpc) is 2.46. The van der Waals surface area contributed by atoms with Gasteiger partial charge in [0.2, 0.25) is 0 Å². The highest BCUT2D eigenvalue weighted by Gasteiger charge is 2.33. The van der Waals surface area contributed by atoms with E-state index in [1.54, 1.807) is 0 Å². The molecule has 2 unspecified atom stereocenters. The predicted octanol–water partition coefficient (Wildman–Crippen LogP) is 0.487. The van der Waals surface area contributed by atoms with Gasteiger partial charge in [-0.25, -0.2) is 0 Å². The highest BCUT2D eigenvalue weighted by atomic mass is 16.5. The number of carbonyl (C=O) groups excluding carboxylic acids is 1. The number of carbonyl (C=O) groups is 2. The summed E-state index contributed by atoms with van der Waals surface area (Å²) in [5, 5.41) is 12.3. The second kappa shape index (κ2) is 6.45. The summed E-state index contributed by atoms with van der Waals surface area (Å²) >= 11 is 0. The number of benzene rings is 1. The van der Waals surface area contributed by atoms with Crippen molar-refractivity contribution in [2.75, 3.05) is 19.7 Å². The lowest BCUT2D eigenvalue weighted by atomic mass is 9.92. The van der Waals surface area contributed by atoms with Gasteiger partial charge in [-0.15, -0.1) is 0 Å². The topological polar surface area (TPSA) is 75.6 Å². The maximum Gasteiger partial charge on any atom is 0.314 e. The Morgan fingerprint density at radius 2 is 2.11 bits per heavy atom. The number of hydrogen-bond donors (Lipinski definition) is 2. The molecule has 5 heteroatoms. The van der Waals surface area contributed by atoms with Crippen LogP contribution in [0.4, 0.5) is 0 Å². The normalized spacial score (nSPS) is 20.7. The summed E-state index contributed by atoms with van der Waals surface area (Å²) in [4.78, 5) is 23.5. The Hall–Kier alpha value is -1.72. The lowest BCUT2D eigenvalue weighted by Gasteiger charge is -2.24. The van der Waals surface area contributed by atoms with Gasteiger partial charge >= 0.3 is 5.97 Å². The molecule has 1 fully saturated rings. The second-order valence-electron chi connectivity index (χ2n) is 4.55. The van der Waals surface area contributed by atoms with E-state index in [1.807, 2.05) is 30.3 Å². The molecule has 0 aliphatic carbocycles. The van der Waals surface area contributed by atoms with Crippen LogP contribution < -0.4 is 5.32 Å². The second-order valence-corrected chi connectivity index (χ2v) is 4.55. The zero-order chi connectivity index (χ0) is 13.7. The molecule has 0 aromatic heterocycles. The molecule has 5 nitrogen and oxygen atoms in total. The Kier molecular flexibility index (Phi) is 4.65. The van der Waals surface area contributed by atoms with Gasteiger partial charge in [0.05, 0.1) is 6.61 Å². The van der Waals surface area contributed by atoms with E-state index in [0.29, 0.717) is 19.7 Å². The Balaban J connectivity index is 2.07. The molecule has 0 amide bonds. The number of ether oxygens (including phenoxy) is 1. The SMILES string of the molecule is O=C(O)C(Cc1ccccc1)C(=O)C1CNCCO1. The minimum Gasteiger partial charge on any atom is -0.481 e. The minimum atomic E-state index is -1.09. The van der Waals surface area contributed by atoms with E-state index >= 15 is 0 Å². The van der Waals surface area contributed by atoms with Crippen LogP contribution in [0.1, 0.15) is 5.56 Å². The molecule has 2 N–H and O–H groups in total. The van der Waals surface area contributed by atoms with Crippen molar-refractivity contribution >= 4 is 11.8 Å². The molecule has 19 heavy (non-hydrogen) atoms. The summed E-state index contributed by atoms with van der Waals surface area (Å²) in [6.45, 7) is 1.52. The van der Waals surface area contributed by atoms with E-state index in [0.717, 1.165) is 5.56 Å². The summed E-state index contributed by atoms with van der Waals surface area (Å²) in [7, 11) is 0. The van der Waals surface area contributed by atoms with Gasteiger partial charge in [0.25, 0.3) is 0 Å². The van der Waals surface area contributed by atoms with Crippen molar-refractivity contribution in [3.05, 3.63) is 35.9 Å². The fourth-order valence-electron chi connectivity index (χ4n) is 2.13. The smallest absolute Gasteiger partial charge is 0.314 e. The first-order valence-electron chi connectivity index (χ1n) is 6.31. The van der Waals surface area contributed by atoms with Crippen molar-refractivity contribution in [3.63, 3.8) is 0 Å². The van der Waals surface area contributed by atoms with Crippen LogP contribution in [0.2, 0.25) is 0 Å². The molecule has 1 aromatic carbocycles. The van der Waals surface area contributed by atoms with Crippen LogP contribution in [-0.4, -0.2) is 42.7 Å². The molecule has 1 aromatic rings. The van der Waals surface area contributed by atoms with Gasteiger partial charge < -0.3 is 15.2 Å². The number of ketones is 1. The zero-order valence-electron chi connectivity index (χ0n) is 10.5. The Bertz CT molecular complexity index is 440. The standard InChI is InChI=1S/C14H17NO4/c16-13(12-9-15-6-7-19-12)11(14(17)18)8-10-4-2-1-3-5-10/h1-5,11-12,15H,6-9H2,(H,17,18). The highest BCUT2D eigenvalue weighted by molar-refractivity contribution is 6.01. The molecule has 1 saturated heterocycles. The number of nitrogens with one attached hydrogen (secondary N) is 1. The van der Waals surface area contributed by atoms with Gasteiger partial charge in [-0.3, -0.25) is 9.59 Å². The molecule has 1 heterocycles. The van der Waals surface area contributed by atoms with Crippen LogP contribution in [0.3, 0.4) is 0 Å². The number of carboxylic acid groups (broad SMARTS) is 1. The molecular formula is C14H17NO4. The molecule has 2 atom stereocenters. The third-order valence-electron chi connectivity index (χ3n) is 3.17. The molecule has 0 saturated carbocycles. The van der Waals surface area contributed by atoms with Gasteiger partial charge in [0.1, 0.15) is 12.0 Å². The van der Waals surface area contributed by atoms with Crippen molar-refractivity contribution in [2.45, 2.75) is 12.5 Å². The predicted molar refractivity (Wildman–Crippen MR) is 68.9 cm³/mol. The van der Waals surface area contributed by atoms with E-state index in [2.05, 4.69) is 5.32 Å². The fraction of sp³-hybridized carbons (Fsp3) is 0.429. The quantitative estimate of drug-likeness (QED) is 0.756. The molecule has 102 valence electrons. The number of aliphatic carboxylic acids is 1. The van der Waals surface area contributed by atoms with Crippen LogP contribution in [0.15, 0.2) is 30.3 Å². The van der Waals surface area contributed by atoms with Crippen LogP contribution >= 0.6 is 0 Å². The molecule has 1 aliphatic rings. The van der Waals surface area contributed by atoms with Crippen molar-refractivity contribution in [3.8, 4) is 0 Å². The fourth-order valence-corrected chi connectivity index (χ4v) is 2.13. The van der Waals surface area contributed by atoms with Gasteiger partial charge in [0, 0.05) is 13.1 Å².